The van der Waals surface area contributed by atoms with E-state index in [-0.39, 0.29) is 5.91 Å². The summed E-state index contributed by atoms with van der Waals surface area (Å²) in [6.07, 6.45) is 3.44. The van der Waals surface area contributed by atoms with E-state index >= 15 is 0 Å². The number of benzene rings is 1. The van der Waals surface area contributed by atoms with Crippen molar-refractivity contribution in [3.05, 3.63) is 64.4 Å². The average molecular weight is 418 g/mol. The summed E-state index contributed by atoms with van der Waals surface area (Å²) in [5.41, 5.74) is 1.70. The molecular weight excluding hydrogens is 394 g/mol. The molecular formula is C19H24BrN5O. The lowest BCUT2D eigenvalue weighted by Gasteiger charge is -2.12. The molecule has 0 aliphatic rings. The molecule has 3 N–H and O–H groups in total. The summed E-state index contributed by atoms with van der Waals surface area (Å²) < 4.78 is 0.896. The molecule has 0 spiro atoms. The number of aromatic nitrogens is 1. The van der Waals surface area contributed by atoms with E-state index in [1.807, 2.05) is 30.3 Å². The molecule has 0 radical (unpaired) electrons. The van der Waals surface area contributed by atoms with Crippen molar-refractivity contribution in [1.82, 2.24) is 20.9 Å². The Hall–Kier alpha value is -2.41. The minimum absolute atomic E-state index is 0.0656. The Morgan fingerprint density at radius 3 is 2.62 bits per heavy atom. The lowest BCUT2D eigenvalue weighted by Crippen LogP contribution is -2.39. The molecule has 138 valence electrons. The van der Waals surface area contributed by atoms with E-state index in [1.54, 1.807) is 25.4 Å². The summed E-state index contributed by atoms with van der Waals surface area (Å²) >= 11 is 3.37. The lowest BCUT2D eigenvalue weighted by molar-refractivity contribution is 0.0953. The number of pyridine rings is 1. The molecule has 26 heavy (non-hydrogen) atoms. The number of halogens is 1. The number of rotatable bonds is 8. The van der Waals surface area contributed by atoms with E-state index in [2.05, 4.69) is 41.9 Å². The molecule has 7 heteroatoms. The molecule has 6 nitrogen and oxygen atoms in total. The van der Waals surface area contributed by atoms with Crippen LogP contribution in [-0.2, 0) is 6.42 Å². The highest BCUT2D eigenvalue weighted by molar-refractivity contribution is 9.10. The van der Waals surface area contributed by atoms with Gasteiger partial charge >= 0.3 is 0 Å². The third-order valence-electron chi connectivity index (χ3n) is 3.64. The third kappa shape index (κ3) is 7.23. The van der Waals surface area contributed by atoms with Crippen molar-refractivity contribution in [3.63, 3.8) is 0 Å². The van der Waals surface area contributed by atoms with Gasteiger partial charge in [-0.15, -0.1) is 0 Å². The third-order valence-corrected chi connectivity index (χ3v) is 4.13. The van der Waals surface area contributed by atoms with Crippen LogP contribution in [0.3, 0.4) is 0 Å². The topological polar surface area (TPSA) is 78.4 Å². The molecule has 1 heterocycles. The molecule has 0 aliphatic carbocycles. The lowest BCUT2D eigenvalue weighted by atomic mass is 10.2. The minimum atomic E-state index is -0.0656. The van der Waals surface area contributed by atoms with Crippen LogP contribution in [0.25, 0.3) is 0 Å². The van der Waals surface area contributed by atoms with E-state index < -0.39 is 0 Å². The maximum Gasteiger partial charge on any atom is 0.251 e. The van der Waals surface area contributed by atoms with Gasteiger partial charge in [0.1, 0.15) is 0 Å². The first-order chi connectivity index (χ1) is 12.7. The van der Waals surface area contributed by atoms with Crippen molar-refractivity contribution >= 4 is 27.8 Å². The van der Waals surface area contributed by atoms with E-state index in [9.17, 15) is 4.79 Å². The first kappa shape index (κ1) is 19.9. The van der Waals surface area contributed by atoms with Gasteiger partial charge in [0.15, 0.2) is 5.96 Å². The SMILES string of the molecule is CN=C(NCCCNC(=O)c1cccc(Br)c1)NCCc1ccccn1. The highest BCUT2D eigenvalue weighted by Crippen LogP contribution is 2.11. The molecule has 1 aromatic heterocycles. The Balaban J connectivity index is 1.59. The van der Waals surface area contributed by atoms with Crippen LogP contribution in [-0.4, -0.2) is 43.5 Å². The van der Waals surface area contributed by atoms with Crippen LogP contribution in [0.5, 0.6) is 0 Å². The summed E-state index contributed by atoms with van der Waals surface area (Å²) in [5, 5.41) is 9.41. The number of guanidine groups is 1. The van der Waals surface area contributed by atoms with Gasteiger partial charge < -0.3 is 16.0 Å². The van der Waals surface area contributed by atoms with Gasteiger partial charge in [0.2, 0.25) is 0 Å². The molecule has 0 saturated carbocycles. The number of aliphatic imine (C=N–C) groups is 1. The van der Waals surface area contributed by atoms with Gasteiger partial charge in [0.05, 0.1) is 0 Å². The second kappa shape index (κ2) is 11.3. The van der Waals surface area contributed by atoms with E-state index in [0.29, 0.717) is 12.1 Å². The molecule has 0 atom stereocenters. The molecule has 0 fully saturated rings. The van der Waals surface area contributed by atoms with Crippen LogP contribution in [0.15, 0.2) is 58.1 Å². The molecule has 1 amide bonds. The van der Waals surface area contributed by atoms with Crippen molar-refractivity contribution in [3.8, 4) is 0 Å². The summed E-state index contributed by atoms with van der Waals surface area (Å²) in [5.74, 6) is 0.684. The number of amides is 1. The van der Waals surface area contributed by atoms with Crippen LogP contribution in [0.4, 0.5) is 0 Å². The fourth-order valence-electron chi connectivity index (χ4n) is 2.30. The smallest absolute Gasteiger partial charge is 0.251 e. The molecule has 0 bridgehead atoms. The minimum Gasteiger partial charge on any atom is -0.356 e. The monoisotopic (exact) mass is 417 g/mol. The second-order valence-corrected chi connectivity index (χ2v) is 6.53. The predicted octanol–water partition coefficient (Wildman–Crippen LogP) is 2.37. The number of nitrogens with zero attached hydrogens (tertiary/aromatic N) is 2. The van der Waals surface area contributed by atoms with Crippen LogP contribution in [0.2, 0.25) is 0 Å². The zero-order valence-electron chi connectivity index (χ0n) is 14.8. The molecule has 0 saturated heterocycles. The largest absolute Gasteiger partial charge is 0.356 e. The van der Waals surface area contributed by atoms with Crippen molar-refractivity contribution in [2.75, 3.05) is 26.7 Å². The number of hydrogen-bond donors (Lipinski definition) is 3. The average Bonchev–Trinajstić information content (AvgIpc) is 2.67. The van der Waals surface area contributed by atoms with Crippen LogP contribution >= 0.6 is 15.9 Å². The fraction of sp³-hybridized carbons (Fsp3) is 0.316. The van der Waals surface area contributed by atoms with Crippen LogP contribution in [0, 0.1) is 0 Å². The van der Waals surface area contributed by atoms with Gasteiger partial charge in [0.25, 0.3) is 5.91 Å². The van der Waals surface area contributed by atoms with Gasteiger partial charge in [0, 0.05) is 55.0 Å². The number of carbonyl (C=O) groups is 1. The van der Waals surface area contributed by atoms with Gasteiger partial charge in [-0.2, -0.15) is 0 Å². The Bertz CT molecular complexity index is 721. The van der Waals surface area contributed by atoms with Crippen LogP contribution in [0.1, 0.15) is 22.5 Å². The number of carbonyl (C=O) groups excluding carboxylic acids is 1. The van der Waals surface area contributed by atoms with Crippen molar-refractivity contribution in [1.29, 1.82) is 0 Å². The molecule has 1 aromatic carbocycles. The Morgan fingerprint density at radius 2 is 1.88 bits per heavy atom. The molecule has 0 aliphatic heterocycles. The van der Waals surface area contributed by atoms with E-state index in [4.69, 9.17) is 0 Å². The number of nitrogens with one attached hydrogen (secondary N) is 3. The molecule has 2 aromatic rings. The van der Waals surface area contributed by atoms with Gasteiger partial charge in [-0.25, -0.2) is 0 Å². The molecule has 2 rings (SSSR count). The van der Waals surface area contributed by atoms with Crippen LogP contribution < -0.4 is 16.0 Å². The Kier molecular flexibility index (Phi) is 8.62. The Labute approximate surface area is 162 Å². The van der Waals surface area contributed by atoms with Crippen molar-refractivity contribution in [2.24, 2.45) is 4.99 Å². The van der Waals surface area contributed by atoms with E-state index in [1.165, 1.54) is 0 Å². The van der Waals surface area contributed by atoms with Gasteiger partial charge in [-0.3, -0.25) is 14.8 Å². The Morgan fingerprint density at radius 1 is 1.08 bits per heavy atom. The number of hydrogen-bond acceptors (Lipinski definition) is 3. The summed E-state index contributed by atoms with van der Waals surface area (Å²) in [6, 6.07) is 13.2. The standard InChI is InChI=1S/C19H24BrN5O/c1-21-19(25-13-9-17-8-2-3-10-22-17)24-12-5-11-23-18(26)15-6-4-7-16(20)14-15/h2-4,6-8,10,14H,5,9,11-13H2,1H3,(H,23,26)(H2,21,24,25). The van der Waals surface area contributed by atoms with Gasteiger partial charge in [-0.05, 0) is 36.8 Å². The summed E-state index contributed by atoms with van der Waals surface area (Å²) in [7, 11) is 1.74. The summed E-state index contributed by atoms with van der Waals surface area (Å²) in [4.78, 5) is 20.5. The first-order valence-corrected chi connectivity index (χ1v) is 9.36. The maximum atomic E-state index is 12.0. The predicted molar refractivity (Wildman–Crippen MR) is 108 cm³/mol. The second-order valence-electron chi connectivity index (χ2n) is 5.62. The quantitative estimate of drug-likeness (QED) is 0.350. The molecule has 0 unspecified atom stereocenters. The first-order valence-electron chi connectivity index (χ1n) is 8.57. The maximum absolute atomic E-state index is 12.0. The van der Waals surface area contributed by atoms with Crippen molar-refractivity contribution < 1.29 is 4.79 Å². The van der Waals surface area contributed by atoms with Crippen molar-refractivity contribution in [2.45, 2.75) is 12.8 Å². The fourth-order valence-corrected chi connectivity index (χ4v) is 2.70. The summed E-state index contributed by atoms with van der Waals surface area (Å²) in [6.45, 7) is 2.08. The highest BCUT2D eigenvalue weighted by atomic mass is 79.9. The highest BCUT2D eigenvalue weighted by Gasteiger charge is 2.04. The van der Waals surface area contributed by atoms with Gasteiger partial charge in [-0.1, -0.05) is 28.1 Å². The zero-order chi connectivity index (χ0) is 18.6. The normalized spacial score (nSPS) is 11.1. The van der Waals surface area contributed by atoms with E-state index in [0.717, 1.165) is 42.1 Å². The zero-order valence-corrected chi connectivity index (χ0v) is 16.4.